The number of hydrogen-bond donors (Lipinski definition) is 0. The maximum atomic E-state index is 6.19. The molecule has 156 valence electrons. The van der Waals surface area contributed by atoms with Crippen LogP contribution >= 0.6 is 11.6 Å². The van der Waals surface area contributed by atoms with Gasteiger partial charge in [0.15, 0.2) is 0 Å². The first kappa shape index (κ1) is 20.6. The van der Waals surface area contributed by atoms with Gasteiger partial charge in [-0.15, -0.1) is 0 Å². The summed E-state index contributed by atoms with van der Waals surface area (Å²) in [5.41, 5.74) is 2.70. The molecule has 1 aliphatic heterocycles. The van der Waals surface area contributed by atoms with Crippen LogP contribution in [0.1, 0.15) is 43.6 Å². The predicted molar refractivity (Wildman–Crippen MR) is 122 cm³/mol. The summed E-state index contributed by atoms with van der Waals surface area (Å²) in [6.07, 6.45) is 6.90. The number of anilines is 1. The van der Waals surface area contributed by atoms with E-state index in [4.69, 9.17) is 16.3 Å². The van der Waals surface area contributed by atoms with Crippen LogP contribution in [-0.4, -0.2) is 44.7 Å². The van der Waals surface area contributed by atoms with E-state index in [0.29, 0.717) is 5.92 Å². The molecule has 2 aromatic rings. The molecule has 0 radical (unpaired) electrons. The van der Waals surface area contributed by atoms with E-state index >= 15 is 0 Å². The molecule has 2 aromatic carbocycles. The van der Waals surface area contributed by atoms with Crippen molar-refractivity contribution in [2.45, 2.75) is 38.0 Å². The molecule has 3 nitrogen and oxygen atoms in total. The van der Waals surface area contributed by atoms with Crippen LogP contribution in [0.4, 0.5) is 5.69 Å². The normalized spacial score (nSPS) is 19.9. The van der Waals surface area contributed by atoms with E-state index in [2.05, 4.69) is 46.2 Å². The number of benzene rings is 2. The van der Waals surface area contributed by atoms with Gasteiger partial charge >= 0.3 is 0 Å². The molecule has 1 heterocycles. The standard InChI is InChI=1S/C25H33ClN2O/c1-29-24-12-5-9-21(17-24)25(20-7-3-2-4-8-20)19-27-13-15-28(16-14-27)23-11-6-10-22(26)18-23/h5-6,9-12,17-18,20,25H,2-4,7-8,13-16,19H2,1H3. The highest BCUT2D eigenvalue weighted by atomic mass is 35.5. The Balaban J connectivity index is 1.44. The van der Waals surface area contributed by atoms with Crippen molar-refractivity contribution in [2.24, 2.45) is 5.92 Å². The molecule has 4 rings (SSSR count). The second-order valence-electron chi connectivity index (χ2n) is 8.55. The maximum absolute atomic E-state index is 6.19. The van der Waals surface area contributed by atoms with E-state index in [1.54, 1.807) is 7.11 Å². The van der Waals surface area contributed by atoms with Crippen molar-refractivity contribution in [3.63, 3.8) is 0 Å². The summed E-state index contributed by atoms with van der Waals surface area (Å²) in [6, 6.07) is 17.0. The van der Waals surface area contributed by atoms with Crippen molar-refractivity contribution < 1.29 is 4.74 Å². The van der Waals surface area contributed by atoms with Gasteiger partial charge in [0, 0.05) is 43.4 Å². The second-order valence-corrected chi connectivity index (χ2v) is 8.99. The largest absolute Gasteiger partial charge is 0.497 e. The Hall–Kier alpha value is -1.71. The van der Waals surface area contributed by atoms with E-state index in [1.807, 2.05) is 12.1 Å². The Bertz CT molecular complexity index is 782. The van der Waals surface area contributed by atoms with Crippen molar-refractivity contribution >= 4 is 17.3 Å². The van der Waals surface area contributed by atoms with Crippen molar-refractivity contribution in [3.8, 4) is 5.75 Å². The maximum Gasteiger partial charge on any atom is 0.119 e. The third kappa shape index (κ3) is 5.26. The molecule has 4 heteroatoms. The smallest absolute Gasteiger partial charge is 0.119 e. The van der Waals surface area contributed by atoms with E-state index in [9.17, 15) is 0 Å². The molecule has 0 spiro atoms. The van der Waals surface area contributed by atoms with E-state index < -0.39 is 0 Å². The van der Waals surface area contributed by atoms with Crippen molar-refractivity contribution in [3.05, 3.63) is 59.1 Å². The van der Waals surface area contributed by atoms with Gasteiger partial charge in [-0.2, -0.15) is 0 Å². The molecule has 29 heavy (non-hydrogen) atoms. The van der Waals surface area contributed by atoms with E-state index in [-0.39, 0.29) is 0 Å². The van der Waals surface area contributed by atoms with Gasteiger partial charge < -0.3 is 9.64 Å². The predicted octanol–water partition coefficient (Wildman–Crippen LogP) is 5.83. The van der Waals surface area contributed by atoms with Crippen LogP contribution in [-0.2, 0) is 0 Å². The van der Waals surface area contributed by atoms with Gasteiger partial charge in [-0.1, -0.05) is 49.1 Å². The SMILES string of the molecule is COc1cccc(C(CN2CCN(c3cccc(Cl)c3)CC2)C2CCCCC2)c1. The van der Waals surface area contributed by atoms with Gasteiger partial charge in [0.2, 0.25) is 0 Å². The molecule has 0 bridgehead atoms. The third-order valence-corrected chi connectivity index (χ3v) is 6.98. The number of halogens is 1. The Morgan fingerprint density at radius 3 is 2.45 bits per heavy atom. The lowest BCUT2D eigenvalue weighted by molar-refractivity contribution is 0.196. The number of methoxy groups -OCH3 is 1. The molecular weight excluding hydrogens is 380 g/mol. The lowest BCUT2D eigenvalue weighted by Crippen LogP contribution is -2.48. The van der Waals surface area contributed by atoms with Crippen LogP contribution in [0.25, 0.3) is 0 Å². The van der Waals surface area contributed by atoms with Crippen LogP contribution in [0.2, 0.25) is 5.02 Å². The molecule has 2 aliphatic rings. The second kappa shape index (κ2) is 9.86. The summed E-state index contributed by atoms with van der Waals surface area (Å²) in [4.78, 5) is 5.13. The van der Waals surface area contributed by atoms with Crippen LogP contribution in [0, 0.1) is 5.92 Å². The highest BCUT2D eigenvalue weighted by molar-refractivity contribution is 6.30. The van der Waals surface area contributed by atoms with E-state index in [0.717, 1.165) is 49.4 Å². The zero-order valence-corrected chi connectivity index (χ0v) is 18.3. The first-order valence-electron chi connectivity index (χ1n) is 11.1. The monoisotopic (exact) mass is 412 g/mol. The molecule has 1 atom stereocenters. The molecule has 0 N–H and O–H groups in total. The summed E-state index contributed by atoms with van der Waals surface area (Å²) in [5, 5.41) is 0.820. The lowest BCUT2D eigenvalue weighted by Gasteiger charge is -2.40. The number of piperazine rings is 1. The van der Waals surface area contributed by atoms with Crippen LogP contribution in [0.15, 0.2) is 48.5 Å². The Labute approximate surface area is 180 Å². The quantitative estimate of drug-likeness (QED) is 0.593. The van der Waals surface area contributed by atoms with Crippen LogP contribution < -0.4 is 9.64 Å². The zero-order valence-electron chi connectivity index (χ0n) is 17.5. The van der Waals surface area contributed by atoms with Gasteiger partial charge in [-0.3, -0.25) is 4.90 Å². The summed E-state index contributed by atoms with van der Waals surface area (Å²) >= 11 is 6.19. The summed E-state index contributed by atoms with van der Waals surface area (Å²) in [6.45, 7) is 5.51. The Morgan fingerprint density at radius 1 is 0.966 bits per heavy atom. The van der Waals surface area contributed by atoms with Crippen molar-refractivity contribution in [1.82, 2.24) is 4.90 Å². The van der Waals surface area contributed by atoms with Gasteiger partial charge in [-0.25, -0.2) is 0 Å². The van der Waals surface area contributed by atoms with Gasteiger partial charge in [0.25, 0.3) is 0 Å². The average molecular weight is 413 g/mol. The minimum atomic E-state index is 0.600. The number of ether oxygens (including phenoxy) is 1. The first-order valence-corrected chi connectivity index (χ1v) is 11.5. The minimum Gasteiger partial charge on any atom is -0.497 e. The molecule has 1 unspecified atom stereocenters. The lowest BCUT2D eigenvalue weighted by atomic mass is 9.76. The summed E-state index contributed by atoms with van der Waals surface area (Å²) in [7, 11) is 1.77. The van der Waals surface area contributed by atoms with Gasteiger partial charge in [0.05, 0.1) is 7.11 Å². The molecule has 0 amide bonds. The Morgan fingerprint density at radius 2 is 1.72 bits per heavy atom. The molecule has 1 saturated carbocycles. The van der Waals surface area contributed by atoms with Crippen molar-refractivity contribution in [1.29, 1.82) is 0 Å². The topological polar surface area (TPSA) is 15.7 Å². The Kier molecular flexibility index (Phi) is 6.99. The molecule has 0 aromatic heterocycles. The molecule has 2 fully saturated rings. The molecular formula is C25H33ClN2O. The molecule has 1 aliphatic carbocycles. The fourth-order valence-electron chi connectivity index (χ4n) is 5.07. The number of rotatable bonds is 6. The minimum absolute atomic E-state index is 0.600. The van der Waals surface area contributed by atoms with Crippen LogP contribution in [0.5, 0.6) is 5.75 Å². The number of hydrogen-bond acceptors (Lipinski definition) is 3. The third-order valence-electron chi connectivity index (χ3n) is 6.74. The van der Waals surface area contributed by atoms with Gasteiger partial charge in [0.1, 0.15) is 5.75 Å². The van der Waals surface area contributed by atoms with Crippen LogP contribution in [0.3, 0.4) is 0 Å². The average Bonchev–Trinajstić information content (AvgIpc) is 2.78. The molecule has 1 saturated heterocycles. The first-order chi connectivity index (χ1) is 14.2. The highest BCUT2D eigenvalue weighted by Crippen LogP contribution is 2.38. The fourth-order valence-corrected chi connectivity index (χ4v) is 5.26. The zero-order chi connectivity index (χ0) is 20.1. The highest BCUT2D eigenvalue weighted by Gasteiger charge is 2.28. The van der Waals surface area contributed by atoms with Crippen molar-refractivity contribution in [2.75, 3.05) is 44.7 Å². The van der Waals surface area contributed by atoms with E-state index in [1.165, 1.54) is 43.4 Å². The summed E-state index contributed by atoms with van der Waals surface area (Å²) in [5.74, 6) is 2.37. The van der Waals surface area contributed by atoms with Gasteiger partial charge in [-0.05, 0) is 60.6 Å². The number of nitrogens with zero attached hydrogens (tertiary/aromatic N) is 2. The summed E-state index contributed by atoms with van der Waals surface area (Å²) < 4.78 is 5.52. The fraction of sp³-hybridized carbons (Fsp3) is 0.520.